The molecule has 2 heterocycles. The van der Waals surface area contributed by atoms with Gasteiger partial charge in [-0.2, -0.15) is 0 Å². The second-order valence-electron chi connectivity index (χ2n) is 6.23. The summed E-state index contributed by atoms with van der Waals surface area (Å²) < 4.78 is 1.66. The molecule has 0 radical (unpaired) electrons. The first-order valence-electron chi connectivity index (χ1n) is 8.32. The molecule has 3 rings (SSSR count). The van der Waals surface area contributed by atoms with Gasteiger partial charge in [-0.1, -0.05) is 55.1 Å². The van der Waals surface area contributed by atoms with E-state index in [2.05, 4.69) is 23.2 Å². The molecule has 1 aromatic heterocycles. The molecule has 0 fully saturated rings. The third kappa shape index (κ3) is 4.03. The molecule has 0 unspecified atom stereocenters. The highest BCUT2D eigenvalue weighted by molar-refractivity contribution is 6.30. The van der Waals surface area contributed by atoms with E-state index in [1.54, 1.807) is 16.8 Å². The number of halogens is 1. The van der Waals surface area contributed by atoms with E-state index in [0.717, 1.165) is 41.4 Å². The molecule has 0 bridgehead atoms. The van der Waals surface area contributed by atoms with Crippen LogP contribution in [0.3, 0.4) is 0 Å². The van der Waals surface area contributed by atoms with Gasteiger partial charge in [0.05, 0.1) is 12.1 Å². The van der Waals surface area contributed by atoms with Gasteiger partial charge in [0.25, 0.3) is 5.56 Å². The largest absolute Gasteiger partial charge is 0.299 e. The minimum atomic E-state index is 0.0487. The van der Waals surface area contributed by atoms with E-state index >= 15 is 0 Å². The Morgan fingerprint density at radius 1 is 1.28 bits per heavy atom. The van der Waals surface area contributed by atoms with Crippen molar-refractivity contribution in [3.63, 3.8) is 0 Å². The zero-order valence-corrected chi connectivity index (χ0v) is 14.9. The van der Waals surface area contributed by atoms with Crippen molar-refractivity contribution in [3.8, 4) is 0 Å². The van der Waals surface area contributed by atoms with Crippen LogP contribution in [0, 0.1) is 0 Å². The summed E-state index contributed by atoms with van der Waals surface area (Å²) in [5.74, 6) is 0. The van der Waals surface area contributed by atoms with Crippen molar-refractivity contribution in [3.05, 3.63) is 93.4 Å². The minimum absolute atomic E-state index is 0.0487. The van der Waals surface area contributed by atoms with Gasteiger partial charge in [0.15, 0.2) is 0 Å². The van der Waals surface area contributed by atoms with Crippen LogP contribution in [0.1, 0.15) is 16.8 Å². The molecule has 0 aliphatic carbocycles. The lowest BCUT2D eigenvalue weighted by Crippen LogP contribution is -2.32. The summed E-state index contributed by atoms with van der Waals surface area (Å²) in [5, 5.41) is 3.99. The SMILES string of the molecule is C=C/C=C(\C=C)Cn1[nH]c2c(c1=O)CN(Cc1ccc(Cl)cc1)CC2. The second-order valence-corrected chi connectivity index (χ2v) is 6.67. The molecule has 0 saturated carbocycles. The number of rotatable bonds is 6. The Labute approximate surface area is 152 Å². The normalized spacial score (nSPS) is 15.0. The zero-order chi connectivity index (χ0) is 17.8. The van der Waals surface area contributed by atoms with E-state index in [1.165, 1.54) is 5.56 Å². The van der Waals surface area contributed by atoms with Gasteiger partial charge in [0.2, 0.25) is 0 Å². The van der Waals surface area contributed by atoms with Crippen LogP contribution in [0.4, 0.5) is 0 Å². The zero-order valence-electron chi connectivity index (χ0n) is 14.2. The summed E-state index contributed by atoms with van der Waals surface area (Å²) in [5.41, 5.74) is 4.11. The van der Waals surface area contributed by atoms with Crippen LogP contribution >= 0.6 is 11.6 Å². The third-order valence-electron chi connectivity index (χ3n) is 4.45. The highest BCUT2D eigenvalue weighted by Crippen LogP contribution is 2.18. The molecule has 0 saturated heterocycles. The fraction of sp³-hybridized carbons (Fsp3) is 0.250. The van der Waals surface area contributed by atoms with Crippen LogP contribution in [0.2, 0.25) is 5.02 Å². The van der Waals surface area contributed by atoms with Gasteiger partial charge < -0.3 is 0 Å². The average Bonchev–Trinajstić information content (AvgIpc) is 2.92. The monoisotopic (exact) mass is 355 g/mol. The smallest absolute Gasteiger partial charge is 0.271 e. The van der Waals surface area contributed by atoms with E-state index in [9.17, 15) is 4.79 Å². The van der Waals surface area contributed by atoms with Gasteiger partial charge in [-0.3, -0.25) is 14.8 Å². The Kier molecular flexibility index (Phi) is 5.41. The number of hydrogen-bond donors (Lipinski definition) is 1. The molecule has 25 heavy (non-hydrogen) atoms. The third-order valence-corrected chi connectivity index (χ3v) is 4.70. The summed E-state index contributed by atoms with van der Waals surface area (Å²) in [6.45, 7) is 10.4. The number of aromatic nitrogens is 2. The molecule has 1 aliphatic rings. The average molecular weight is 356 g/mol. The molecule has 1 aliphatic heterocycles. The maximum absolute atomic E-state index is 12.7. The first-order valence-corrected chi connectivity index (χ1v) is 8.70. The molecule has 1 N–H and O–H groups in total. The van der Waals surface area contributed by atoms with Crippen LogP contribution in [0.5, 0.6) is 0 Å². The van der Waals surface area contributed by atoms with E-state index in [-0.39, 0.29) is 5.56 Å². The van der Waals surface area contributed by atoms with Gasteiger partial charge in [-0.25, -0.2) is 4.68 Å². The first-order chi connectivity index (χ1) is 12.1. The summed E-state index contributed by atoms with van der Waals surface area (Å²) in [6.07, 6.45) is 6.17. The predicted molar refractivity (Wildman–Crippen MR) is 103 cm³/mol. The minimum Gasteiger partial charge on any atom is -0.299 e. The van der Waals surface area contributed by atoms with Crippen molar-refractivity contribution in [1.82, 2.24) is 14.7 Å². The summed E-state index contributed by atoms with van der Waals surface area (Å²) in [4.78, 5) is 15.0. The van der Waals surface area contributed by atoms with Crippen LogP contribution in [0.15, 0.2) is 66.0 Å². The van der Waals surface area contributed by atoms with Crippen LogP contribution < -0.4 is 5.56 Å². The van der Waals surface area contributed by atoms with Crippen molar-refractivity contribution in [1.29, 1.82) is 0 Å². The van der Waals surface area contributed by atoms with Gasteiger partial charge in [-0.05, 0) is 23.3 Å². The lowest BCUT2D eigenvalue weighted by atomic mass is 10.1. The Morgan fingerprint density at radius 2 is 2.04 bits per heavy atom. The van der Waals surface area contributed by atoms with E-state index in [1.807, 2.05) is 30.3 Å². The summed E-state index contributed by atoms with van der Waals surface area (Å²) in [7, 11) is 0. The molecule has 130 valence electrons. The number of nitrogens with zero attached hydrogens (tertiary/aromatic N) is 2. The Bertz CT molecular complexity index is 858. The lowest BCUT2D eigenvalue weighted by Gasteiger charge is -2.25. The molecule has 0 atom stereocenters. The molecule has 5 heteroatoms. The number of aromatic amines is 1. The molecule has 0 spiro atoms. The Morgan fingerprint density at radius 3 is 2.72 bits per heavy atom. The number of benzene rings is 1. The summed E-state index contributed by atoms with van der Waals surface area (Å²) >= 11 is 5.94. The number of H-pyrrole nitrogens is 1. The molecular weight excluding hydrogens is 334 g/mol. The highest BCUT2D eigenvalue weighted by atomic mass is 35.5. The van der Waals surface area contributed by atoms with E-state index in [4.69, 9.17) is 11.6 Å². The topological polar surface area (TPSA) is 41.0 Å². The number of allylic oxidation sites excluding steroid dienone is 4. The van der Waals surface area contributed by atoms with Gasteiger partial charge in [-0.15, -0.1) is 0 Å². The predicted octanol–water partition coefficient (Wildman–Crippen LogP) is 3.69. The molecular formula is C20H22ClN3O. The van der Waals surface area contributed by atoms with E-state index in [0.29, 0.717) is 13.1 Å². The van der Waals surface area contributed by atoms with Crippen LogP contribution in [-0.4, -0.2) is 21.2 Å². The van der Waals surface area contributed by atoms with Crippen molar-refractivity contribution in [2.75, 3.05) is 6.54 Å². The van der Waals surface area contributed by atoms with Crippen LogP contribution in [0.25, 0.3) is 0 Å². The van der Waals surface area contributed by atoms with Crippen molar-refractivity contribution >= 4 is 11.6 Å². The van der Waals surface area contributed by atoms with Gasteiger partial charge in [0, 0.05) is 36.8 Å². The van der Waals surface area contributed by atoms with Crippen molar-refractivity contribution < 1.29 is 0 Å². The standard InChI is InChI=1S/C20H22ClN3O/c1-3-5-15(4-2)13-24-20(25)18-14-23(11-10-19(18)22-24)12-16-6-8-17(21)9-7-16/h3-9,22H,1-2,10-14H2/b15-5+. The summed E-state index contributed by atoms with van der Waals surface area (Å²) in [6, 6.07) is 7.87. The van der Waals surface area contributed by atoms with Gasteiger partial charge >= 0.3 is 0 Å². The van der Waals surface area contributed by atoms with Crippen molar-refractivity contribution in [2.24, 2.45) is 0 Å². The second kappa shape index (κ2) is 7.72. The number of fused-ring (bicyclic) bond motifs is 1. The molecule has 0 amide bonds. The molecule has 4 nitrogen and oxygen atoms in total. The Balaban J connectivity index is 1.76. The maximum Gasteiger partial charge on any atom is 0.271 e. The fourth-order valence-electron chi connectivity index (χ4n) is 3.13. The number of hydrogen-bond acceptors (Lipinski definition) is 2. The Hall–Kier alpha value is -2.30. The quantitative estimate of drug-likeness (QED) is 0.803. The molecule has 1 aromatic carbocycles. The van der Waals surface area contributed by atoms with Gasteiger partial charge in [0.1, 0.15) is 0 Å². The fourth-order valence-corrected chi connectivity index (χ4v) is 3.26. The maximum atomic E-state index is 12.7. The van der Waals surface area contributed by atoms with Crippen molar-refractivity contribution in [2.45, 2.75) is 26.1 Å². The molecule has 2 aromatic rings. The van der Waals surface area contributed by atoms with E-state index < -0.39 is 0 Å². The lowest BCUT2D eigenvalue weighted by molar-refractivity contribution is 0.244. The van der Waals surface area contributed by atoms with Crippen LogP contribution in [-0.2, 0) is 26.1 Å². The highest BCUT2D eigenvalue weighted by Gasteiger charge is 2.22. The number of nitrogens with one attached hydrogen (secondary N) is 1. The first kappa shape index (κ1) is 17.5.